The van der Waals surface area contributed by atoms with Crippen molar-refractivity contribution in [3.05, 3.63) is 102 Å². The Morgan fingerprint density at radius 1 is 0.417 bits per heavy atom. The fraction of sp³-hybridized carbons (Fsp3) is 0.568. The fourth-order valence-corrected chi connectivity index (χ4v) is 12.9. The van der Waals surface area contributed by atoms with Crippen LogP contribution in [-0.4, -0.2) is 236 Å². The van der Waals surface area contributed by atoms with Gasteiger partial charge in [-0.25, -0.2) is 10.7 Å². The number of para-hydroxylation sites is 1. The van der Waals surface area contributed by atoms with Crippen LogP contribution in [0.25, 0.3) is 10.9 Å². The van der Waals surface area contributed by atoms with E-state index >= 15 is 4.79 Å². The normalized spacial score (nSPS) is 15.3. The summed E-state index contributed by atoms with van der Waals surface area (Å²) in [6, 6.07) is 1.01. The molecule has 1 aromatic heterocycles. The van der Waals surface area contributed by atoms with Gasteiger partial charge in [0.15, 0.2) is 6.04 Å². The van der Waals surface area contributed by atoms with Gasteiger partial charge in [0, 0.05) is 36.4 Å². The van der Waals surface area contributed by atoms with Gasteiger partial charge in [0.05, 0.1) is 18.6 Å². The molecule has 0 saturated heterocycles. The number of aromatic hydroxyl groups is 1. The maximum Gasteiger partial charge on any atom is 0.328 e. The average molecular weight is 1690 g/mol. The lowest BCUT2D eigenvalue weighted by atomic mass is 9.96. The number of rotatable bonds is 55. The predicted molar refractivity (Wildman–Crippen MR) is 441 cm³/mol. The first kappa shape index (κ1) is 101. The third-order valence-corrected chi connectivity index (χ3v) is 19.9. The molecule has 39 nitrogen and oxygen atoms in total. The molecule has 0 aliphatic rings. The van der Waals surface area contributed by atoms with Crippen LogP contribution in [0.3, 0.4) is 0 Å². The Hall–Kier alpha value is -11.2. The number of unbranched alkanes of at least 4 members (excludes halogenated alkanes) is 3. The number of nitrogens with one attached hydrogen (secondary N) is 14. The molecule has 0 saturated carbocycles. The minimum absolute atomic E-state index is 0.0888. The maximum atomic E-state index is 15.2. The predicted octanol–water partition coefficient (Wildman–Crippen LogP) is -2.43. The highest BCUT2D eigenvalue weighted by molar-refractivity contribution is 6.01. The van der Waals surface area contributed by atoms with Crippen molar-refractivity contribution in [2.45, 2.75) is 249 Å². The van der Waals surface area contributed by atoms with Gasteiger partial charge in [-0.05, 0) is 157 Å². The van der Waals surface area contributed by atoms with E-state index in [1.165, 1.54) is 31.2 Å². The van der Waals surface area contributed by atoms with Crippen LogP contribution in [0, 0.1) is 17.8 Å². The molecule has 0 aliphatic heterocycles. The number of phenols is 1. The number of aromatic amines is 1. The molecule has 0 fully saturated rings. The van der Waals surface area contributed by atoms with Crippen molar-refractivity contribution < 1.29 is 102 Å². The van der Waals surface area contributed by atoms with Gasteiger partial charge in [-0.2, -0.15) is 0 Å². The number of H-pyrrole nitrogens is 1. The van der Waals surface area contributed by atoms with E-state index in [0.717, 1.165) is 13.8 Å². The molecule has 0 aliphatic carbocycles. The van der Waals surface area contributed by atoms with Crippen molar-refractivity contribution >= 4 is 99.6 Å². The molecule has 1 heterocycles. The van der Waals surface area contributed by atoms with Crippen LogP contribution in [0.2, 0.25) is 0 Å². The summed E-state index contributed by atoms with van der Waals surface area (Å²) in [6.45, 7) is 13.8. The van der Waals surface area contributed by atoms with E-state index in [0.29, 0.717) is 59.8 Å². The molecule has 0 bridgehead atoms. The largest absolute Gasteiger partial charge is 0.508 e. The van der Waals surface area contributed by atoms with Crippen molar-refractivity contribution in [1.82, 2.24) is 74.1 Å². The van der Waals surface area contributed by atoms with Gasteiger partial charge in [0.2, 0.25) is 76.8 Å². The first-order valence-corrected chi connectivity index (χ1v) is 40.4. The minimum atomic E-state index is -1.95. The van der Waals surface area contributed by atoms with Crippen LogP contribution < -0.4 is 92.2 Å². The molecule has 664 valence electrons. The van der Waals surface area contributed by atoms with Crippen LogP contribution in [0.1, 0.15) is 156 Å². The molecule has 0 radical (unpaired) electrons. The number of fused-ring (bicyclic) bond motifs is 1. The van der Waals surface area contributed by atoms with E-state index in [1.807, 2.05) is 19.2 Å². The summed E-state index contributed by atoms with van der Waals surface area (Å²) in [5.74, 6) is -12.2. The molecule has 4 rings (SSSR count). The Morgan fingerprint density at radius 3 is 1.31 bits per heavy atom. The molecule has 13 amide bonds. The summed E-state index contributed by atoms with van der Waals surface area (Å²) < 4.78 is 0. The van der Waals surface area contributed by atoms with Crippen LogP contribution in [0.5, 0.6) is 5.75 Å². The second-order valence-electron chi connectivity index (χ2n) is 30.7. The molecule has 0 spiro atoms. The summed E-state index contributed by atoms with van der Waals surface area (Å²) in [7, 11) is 0. The van der Waals surface area contributed by atoms with E-state index < -0.39 is 204 Å². The zero-order chi connectivity index (χ0) is 89.5. The number of carbonyl (C=O) groups excluding carboxylic acids is 13. The number of aliphatic hydroxyl groups excluding tert-OH is 2. The quantitative estimate of drug-likeness (QED) is 0.0161. The van der Waals surface area contributed by atoms with E-state index in [1.54, 1.807) is 88.5 Å². The minimum Gasteiger partial charge on any atom is -0.508 e. The SMILES string of the molecule is CC[C@H](C)C(NC(=O)[C@H](CCCCN)NC(=O)[C@H](Cc1c[nH]c2ccccc12)NC(=O)[C@@H](NC(=O)[C@H](C)NC(=O)[C@H](Cc1ccccc1)NC(=O)[C@H](CC(C)C)NC(=O)[C@H](CCCCN)NC(=O)CON)C(C)C)C(=O)N[C@H](C(=O)N[C@@H](Cc1ccc(O)cc1)C(=O)N[C@@H](CCCCN)C(=O)N[C@@H](CC(=O)O)C(=O)N[C@H](C(=O)O)[C@@H](C)O)[C@@H](C)O. The molecule has 120 heavy (non-hydrogen) atoms. The third-order valence-electron chi connectivity index (χ3n) is 19.9. The van der Waals surface area contributed by atoms with Crippen molar-refractivity contribution in [2.24, 2.45) is 40.9 Å². The Kier molecular flexibility index (Phi) is 43.8. The van der Waals surface area contributed by atoms with E-state index in [-0.39, 0.29) is 89.0 Å². The van der Waals surface area contributed by atoms with Crippen LogP contribution in [-0.2, 0) is 96.0 Å². The molecular weight excluding hydrogens is 1560 g/mol. The molecule has 4 aromatic rings. The highest BCUT2D eigenvalue weighted by Gasteiger charge is 2.40. The van der Waals surface area contributed by atoms with Crippen LogP contribution >= 0.6 is 0 Å². The van der Waals surface area contributed by atoms with E-state index in [4.69, 9.17) is 23.1 Å². The van der Waals surface area contributed by atoms with Gasteiger partial charge in [-0.15, -0.1) is 0 Å². The number of phenolic OH excluding ortho intramolecular Hbond substituents is 1. The maximum absolute atomic E-state index is 15.2. The standard InChI is InChI=1S/C81H124N18O21/c1-10-45(6)66(79(116)98-67(47(8)100)80(117)94-60(38-50-29-31-52(102)32-30-50)75(112)89-56(27-17-20-34-83)71(108)93-62(40-64(104)105)77(114)99-68(48(9)101)81(118)119)97-72(109)57(28-18-21-35-84)90-76(113)61(39-51-41-86-54-25-15-14-24-53(51)54)95-78(115)65(44(4)5)96-69(106)46(7)87-73(110)59(37-49-22-12-11-13-23-49)92-74(111)58(36-43(2)3)91-70(107)55(26-16-19-33-82)88-63(103)42-120-85/h11-15,22-25,29-32,41,43-48,55-62,65-68,86,100-102H,10,16-21,26-28,33-40,42,82-85H2,1-9H3,(H,87,110)(H,88,103)(H,89,112)(H,90,113)(H,91,107)(H,92,111)(H,93,108)(H,94,117)(H,95,115)(H,96,106)(H,97,109)(H,98,116)(H,99,114)(H,104,105)(H,118,119)/t45-,46-,47+,48+,55-,56-,57-,58-,59-,60-,61-,62-,65-,66?,67-,68-/m0/s1. The number of aromatic nitrogens is 1. The zero-order valence-electron chi connectivity index (χ0n) is 69.5. The van der Waals surface area contributed by atoms with Gasteiger partial charge < -0.3 is 117 Å². The number of carbonyl (C=O) groups is 15. The number of benzene rings is 3. The highest BCUT2D eigenvalue weighted by atomic mass is 16.6. The number of carboxylic acids is 2. The van der Waals surface area contributed by atoms with E-state index in [9.17, 15) is 92.7 Å². The summed E-state index contributed by atoms with van der Waals surface area (Å²) >= 11 is 0. The monoisotopic (exact) mass is 1680 g/mol. The van der Waals surface area contributed by atoms with Gasteiger partial charge in [0.1, 0.15) is 84.9 Å². The van der Waals surface area contributed by atoms with Crippen molar-refractivity contribution in [3.8, 4) is 5.75 Å². The number of hydrogen-bond acceptors (Lipinski definition) is 23. The number of amides is 13. The summed E-state index contributed by atoms with van der Waals surface area (Å²) in [4.78, 5) is 218. The Bertz CT molecular complexity index is 4040. The molecule has 3 aromatic carbocycles. The highest BCUT2D eigenvalue weighted by Crippen LogP contribution is 2.22. The van der Waals surface area contributed by atoms with Crippen molar-refractivity contribution in [2.75, 3.05) is 26.2 Å². The first-order valence-electron chi connectivity index (χ1n) is 40.4. The summed E-state index contributed by atoms with van der Waals surface area (Å²) in [6.07, 6.45) is -1.37. The first-order chi connectivity index (χ1) is 56.9. The molecule has 39 heteroatoms. The number of carboxylic acid groups (broad SMARTS) is 2. The van der Waals surface area contributed by atoms with Crippen LogP contribution in [0.4, 0.5) is 0 Å². The van der Waals surface area contributed by atoms with Crippen molar-refractivity contribution in [3.63, 3.8) is 0 Å². The molecule has 27 N–H and O–H groups in total. The zero-order valence-corrected chi connectivity index (χ0v) is 69.5. The molecule has 16 atom stereocenters. The van der Waals surface area contributed by atoms with Gasteiger partial charge in [-0.3, -0.25) is 72.0 Å². The molecule has 1 unspecified atom stereocenters. The topological polar surface area (TPSA) is 643 Å². The fourth-order valence-electron chi connectivity index (χ4n) is 12.9. The number of aliphatic carboxylic acids is 2. The summed E-state index contributed by atoms with van der Waals surface area (Å²) in [5.41, 5.74) is 19.5. The van der Waals surface area contributed by atoms with Gasteiger partial charge in [-0.1, -0.05) is 109 Å². The number of nitrogens with two attached hydrogens (primary N) is 4. The lowest BCUT2D eigenvalue weighted by Crippen LogP contribution is -2.63. The summed E-state index contributed by atoms with van der Waals surface area (Å²) in [5, 5.41) is 84.8. The Labute approximate surface area is 697 Å². The van der Waals surface area contributed by atoms with Crippen LogP contribution in [0.15, 0.2) is 85.1 Å². The van der Waals surface area contributed by atoms with Gasteiger partial charge >= 0.3 is 11.9 Å². The number of aliphatic hydroxyl groups is 2. The van der Waals surface area contributed by atoms with E-state index in [2.05, 4.69) is 73.6 Å². The second-order valence-corrected chi connectivity index (χ2v) is 30.7. The molecular formula is C81H124N18O21. The third kappa shape index (κ3) is 34.2. The Morgan fingerprint density at radius 2 is 0.817 bits per heavy atom. The lowest BCUT2D eigenvalue weighted by Gasteiger charge is -2.31. The second kappa shape index (κ2) is 52.0. The lowest BCUT2D eigenvalue weighted by molar-refractivity contribution is -0.146. The smallest absolute Gasteiger partial charge is 0.328 e. The number of hydrogen-bond donors (Lipinski definition) is 23. The average Bonchev–Trinajstić information content (AvgIpc) is 1.59. The van der Waals surface area contributed by atoms with Gasteiger partial charge in [0.25, 0.3) is 0 Å². The Balaban J connectivity index is 1.65. The van der Waals surface area contributed by atoms with Crippen molar-refractivity contribution in [1.29, 1.82) is 0 Å².